The zero-order valence-corrected chi connectivity index (χ0v) is 13.6. The summed E-state index contributed by atoms with van der Waals surface area (Å²) in [4.78, 5) is 2.25. The van der Waals surface area contributed by atoms with Crippen LogP contribution in [0.2, 0.25) is 0 Å². The number of hydrogen-bond donors (Lipinski definition) is 1. The van der Waals surface area contributed by atoms with Gasteiger partial charge in [-0.15, -0.1) is 6.42 Å². The molecule has 0 aliphatic carbocycles. The van der Waals surface area contributed by atoms with Crippen LogP contribution >= 0.6 is 0 Å². The standard InChI is InChI=1S/C18H27NO2/c1-6-9-21-13-18(20)12-19(14(2)3)11-17-8-7-15(4)10-16(17)5/h1,7-8,10,14,18,20H,9,11-13H2,2-5H3. The monoisotopic (exact) mass is 289 g/mol. The molecule has 0 amide bonds. The summed E-state index contributed by atoms with van der Waals surface area (Å²) in [5.74, 6) is 2.40. The highest BCUT2D eigenvalue weighted by atomic mass is 16.5. The number of rotatable bonds is 8. The van der Waals surface area contributed by atoms with Crippen molar-refractivity contribution in [1.29, 1.82) is 0 Å². The van der Waals surface area contributed by atoms with Crippen molar-refractivity contribution < 1.29 is 9.84 Å². The first-order chi connectivity index (χ1) is 9.93. The van der Waals surface area contributed by atoms with E-state index in [4.69, 9.17) is 11.2 Å². The van der Waals surface area contributed by atoms with Crippen molar-refractivity contribution in [2.24, 2.45) is 0 Å². The Balaban J connectivity index is 2.63. The lowest BCUT2D eigenvalue weighted by atomic mass is 10.0. The highest BCUT2D eigenvalue weighted by Crippen LogP contribution is 2.15. The number of aliphatic hydroxyl groups excluding tert-OH is 1. The van der Waals surface area contributed by atoms with Gasteiger partial charge in [0.05, 0.1) is 12.7 Å². The maximum atomic E-state index is 10.1. The Bertz CT molecular complexity index is 477. The van der Waals surface area contributed by atoms with Gasteiger partial charge in [-0.25, -0.2) is 0 Å². The Kier molecular flexibility index (Phi) is 7.45. The largest absolute Gasteiger partial charge is 0.389 e. The van der Waals surface area contributed by atoms with Crippen LogP contribution in [0.15, 0.2) is 18.2 Å². The molecule has 1 unspecified atom stereocenters. The third-order valence-electron chi connectivity index (χ3n) is 3.54. The van der Waals surface area contributed by atoms with E-state index in [9.17, 15) is 5.11 Å². The summed E-state index contributed by atoms with van der Waals surface area (Å²) in [6.07, 6.45) is 4.61. The van der Waals surface area contributed by atoms with Gasteiger partial charge in [-0.1, -0.05) is 29.7 Å². The molecule has 3 nitrogen and oxygen atoms in total. The van der Waals surface area contributed by atoms with Crippen molar-refractivity contribution in [3.05, 3.63) is 34.9 Å². The van der Waals surface area contributed by atoms with Gasteiger partial charge in [0.1, 0.15) is 6.61 Å². The Labute approximate surface area is 128 Å². The van der Waals surface area contributed by atoms with Crippen LogP contribution in [0.25, 0.3) is 0 Å². The first-order valence-electron chi connectivity index (χ1n) is 7.43. The van der Waals surface area contributed by atoms with Gasteiger partial charge in [0.2, 0.25) is 0 Å². The molecule has 1 rings (SSSR count). The fourth-order valence-electron chi connectivity index (χ4n) is 2.28. The fraction of sp³-hybridized carbons (Fsp3) is 0.556. The van der Waals surface area contributed by atoms with E-state index < -0.39 is 6.10 Å². The second-order valence-corrected chi connectivity index (χ2v) is 5.83. The van der Waals surface area contributed by atoms with Gasteiger partial charge in [0.25, 0.3) is 0 Å². The summed E-state index contributed by atoms with van der Waals surface area (Å²) in [5, 5.41) is 10.1. The highest BCUT2D eigenvalue weighted by Gasteiger charge is 2.16. The quantitative estimate of drug-likeness (QED) is 0.589. The summed E-state index contributed by atoms with van der Waals surface area (Å²) in [6, 6.07) is 6.85. The number of terminal acetylenes is 1. The molecule has 0 aromatic heterocycles. The number of ether oxygens (including phenoxy) is 1. The first kappa shape index (κ1) is 17.7. The van der Waals surface area contributed by atoms with Gasteiger partial charge in [0.15, 0.2) is 0 Å². The van der Waals surface area contributed by atoms with E-state index in [1.165, 1.54) is 16.7 Å². The smallest absolute Gasteiger partial charge is 0.107 e. The second kappa shape index (κ2) is 8.84. The van der Waals surface area contributed by atoms with Crippen molar-refractivity contribution in [2.75, 3.05) is 19.8 Å². The lowest BCUT2D eigenvalue weighted by Crippen LogP contribution is -2.39. The molecule has 3 heteroatoms. The van der Waals surface area contributed by atoms with Crippen LogP contribution in [0.1, 0.15) is 30.5 Å². The number of aryl methyl sites for hydroxylation is 2. The van der Waals surface area contributed by atoms with Crippen LogP contribution in [-0.4, -0.2) is 41.9 Å². The minimum Gasteiger partial charge on any atom is -0.389 e. The molecular weight excluding hydrogens is 262 g/mol. The van der Waals surface area contributed by atoms with E-state index >= 15 is 0 Å². The van der Waals surface area contributed by atoms with E-state index in [2.05, 4.69) is 56.7 Å². The molecule has 1 aromatic carbocycles. The molecule has 1 N–H and O–H groups in total. The van der Waals surface area contributed by atoms with Gasteiger partial charge in [0, 0.05) is 19.1 Å². The molecule has 0 heterocycles. The third-order valence-corrected chi connectivity index (χ3v) is 3.54. The minimum absolute atomic E-state index is 0.246. The molecule has 0 saturated carbocycles. The second-order valence-electron chi connectivity index (χ2n) is 5.83. The van der Waals surface area contributed by atoms with Gasteiger partial charge in [-0.2, -0.15) is 0 Å². The van der Waals surface area contributed by atoms with Gasteiger partial charge in [-0.3, -0.25) is 4.90 Å². The van der Waals surface area contributed by atoms with Crippen molar-refractivity contribution >= 4 is 0 Å². The van der Waals surface area contributed by atoms with E-state index in [-0.39, 0.29) is 13.2 Å². The summed E-state index contributed by atoms with van der Waals surface area (Å²) < 4.78 is 5.20. The average molecular weight is 289 g/mol. The van der Waals surface area contributed by atoms with E-state index in [0.29, 0.717) is 12.6 Å². The van der Waals surface area contributed by atoms with Crippen molar-refractivity contribution in [3.8, 4) is 12.3 Å². The summed E-state index contributed by atoms with van der Waals surface area (Å²) in [6.45, 7) is 10.4. The normalized spacial score (nSPS) is 12.7. The van der Waals surface area contributed by atoms with Crippen LogP contribution in [0.5, 0.6) is 0 Å². The molecular formula is C18H27NO2. The lowest BCUT2D eigenvalue weighted by Gasteiger charge is -2.29. The lowest BCUT2D eigenvalue weighted by molar-refractivity contribution is 0.0191. The van der Waals surface area contributed by atoms with Crippen molar-refractivity contribution in [2.45, 2.75) is 46.4 Å². The topological polar surface area (TPSA) is 32.7 Å². The van der Waals surface area contributed by atoms with Crippen LogP contribution in [0.4, 0.5) is 0 Å². The Hall–Kier alpha value is -1.34. The minimum atomic E-state index is -0.522. The van der Waals surface area contributed by atoms with Crippen LogP contribution < -0.4 is 0 Å². The summed E-state index contributed by atoms with van der Waals surface area (Å²) >= 11 is 0. The molecule has 0 fully saturated rings. The molecule has 1 atom stereocenters. The molecule has 0 aliphatic rings. The molecule has 21 heavy (non-hydrogen) atoms. The van der Waals surface area contributed by atoms with Crippen LogP contribution in [0, 0.1) is 26.2 Å². The summed E-state index contributed by atoms with van der Waals surface area (Å²) in [5.41, 5.74) is 3.86. The predicted octanol–water partition coefficient (Wildman–Crippen LogP) is 2.52. The fourth-order valence-corrected chi connectivity index (χ4v) is 2.28. The van der Waals surface area contributed by atoms with Crippen LogP contribution in [-0.2, 0) is 11.3 Å². The predicted molar refractivity (Wildman–Crippen MR) is 87.1 cm³/mol. The number of nitrogens with zero attached hydrogens (tertiary/aromatic N) is 1. The maximum absolute atomic E-state index is 10.1. The Morgan fingerprint density at radius 1 is 1.33 bits per heavy atom. The van der Waals surface area contributed by atoms with Gasteiger partial charge in [-0.05, 0) is 38.8 Å². The van der Waals surface area contributed by atoms with Gasteiger partial charge >= 0.3 is 0 Å². The van der Waals surface area contributed by atoms with Crippen molar-refractivity contribution in [1.82, 2.24) is 4.90 Å². The number of benzene rings is 1. The summed E-state index contributed by atoms with van der Waals surface area (Å²) in [7, 11) is 0. The molecule has 0 spiro atoms. The SMILES string of the molecule is C#CCOCC(O)CN(Cc1ccc(C)cc1C)C(C)C. The molecule has 0 aliphatic heterocycles. The molecule has 1 aromatic rings. The first-order valence-corrected chi connectivity index (χ1v) is 7.43. The zero-order valence-electron chi connectivity index (χ0n) is 13.6. The number of hydrogen-bond acceptors (Lipinski definition) is 3. The van der Waals surface area contributed by atoms with E-state index in [1.54, 1.807) is 0 Å². The maximum Gasteiger partial charge on any atom is 0.107 e. The Morgan fingerprint density at radius 3 is 2.62 bits per heavy atom. The van der Waals surface area contributed by atoms with Crippen LogP contribution in [0.3, 0.4) is 0 Å². The van der Waals surface area contributed by atoms with E-state index in [0.717, 1.165) is 6.54 Å². The molecule has 0 bridgehead atoms. The van der Waals surface area contributed by atoms with Crippen molar-refractivity contribution in [3.63, 3.8) is 0 Å². The molecule has 116 valence electrons. The highest BCUT2D eigenvalue weighted by molar-refractivity contribution is 5.30. The molecule has 0 saturated heterocycles. The molecule has 0 radical (unpaired) electrons. The van der Waals surface area contributed by atoms with E-state index in [1.807, 2.05) is 0 Å². The third kappa shape index (κ3) is 6.31. The zero-order chi connectivity index (χ0) is 15.8. The Morgan fingerprint density at radius 2 is 2.05 bits per heavy atom. The van der Waals surface area contributed by atoms with Gasteiger partial charge < -0.3 is 9.84 Å². The number of aliphatic hydroxyl groups is 1. The average Bonchev–Trinajstić information content (AvgIpc) is 2.41.